The number of rotatable bonds is 15. The Labute approximate surface area is 231 Å². The number of nitrogens with zero attached hydrogens (tertiary/aromatic N) is 1. The molecule has 0 aliphatic carbocycles. The molecule has 0 fully saturated rings. The lowest BCUT2D eigenvalue weighted by Gasteiger charge is -2.37. The highest BCUT2D eigenvalue weighted by Crippen LogP contribution is 2.44. The molecule has 0 radical (unpaired) electrons. The van der Waals surface area contributed by atoms with Crippen LogP contribution in [-0.2, 0) is 33.5 Å². The Morgan fingerprint density at radius 1 is 0.821 bits per heavy atom. The van der Waals surface area contributed by atoms with Crippen molar-refractivity contribution in [2.75, 3.05) is 47.5 Å². The van der Waals surface area contributed by atoms with Gasteiger partial charge in [-0.25, -0.2) is 4.57 Å². The van der Waals surface area contributed by atoms with Crippen molar-refractivity contribution in [3.63, 3.8) is 0 Å². The summed E-state index contributed by atoms with van der Waals surface area (Å²) in [7, 11) is 1.46. The van der Waals surface area contributed by atoms with Gasteiger partial charge in [0, 0.05) is 6.42 Å². The number of benzene rings is 3. The molecule has 0 aromatic heterocycles. The number of carbonyl (C=O) groups excluding carboxylic acids is 1. The maximum absolute atomic E-state index is 12.5. The van der Waals surface area contributed by atoms with Crippen molar-refractivity contribution in [3.05, 3.63) is 108 Å². The first kappa shape index (κ1) is 30.7. The normalized spacial score (nSPS) is 14.4. The van der Waals surface area contributed by atoms with Crippen molar-refractivity contribution in [1.29, 1.82) is 0 Å². The van der Waals surface area contributed by atoms with Gasteiger partial charge >= 0.3 is 13.8 Å². The van der Waals surface area contributed by atoms with E-state index in [1.54, 1.807) is 6.92 Å². The maximum Gasteiger partial charge on any atom is 0.472 e. The maximum atomic E-state index is 12.5. The standard InChI is InChI=1S/C30H38NO7P/c1-5-29(32)38-28(24-37-39(33,34)36-22-21-31(2,3)4)23-35-30(25-15-9-6-10-16-25,26-17-11-7-12-18-26)27-19-13-8-14-20-27/h6-20,28H,5,21-24H2,1-4H3/p+1/t28-/m1/s1. The van der Waals surface area contributed by atoms with Crippen LogP contribution in [0.3, 0.4) is 0 Å². The van der Waals surface area contributed by atoms with Crippen LogP contribution in [0.25, 0.3) is 0 Å². The van der Waals surface area contributed by atoms with Crippen LogP contribution >= 0.6 is 7.82 Å². The Bertz CT molecular complexity index is 1100. The molecule has 0 amide bonds. The van der Waals surface area contributed by atoms with Gasteiger partial charge in [0.2, 0.25) is 0 Å². The number of quaternary nitrogens is 1. The molecule has 1 N–H and O–H groups in total. The number of phosphoric acid groups is 1. The Balaban J connectivity index is 1.90. The van der Waals surface area contributed by atoms with Crippen molar-refractivity contribution in [3.8, 4) is 0 Å². The second kappa shape index (κ2) is 14.0. The molecule has 0 aliphatic heterocycles. The smallest absolute Gasteiger partial charge is 0.457 e. The van der Waals surface area contributed by atoms with E-state index >= 15 is 0 Å². The predicted octanol–water partition coefficient (Wildman–Crippen LogP) is 5.16. The number of hydrogen-bond donors (Lipinski definition) is 1. The lowest BCUT2D eigenvalue weighted by Crippen LogP contribution is -2.38. The molecule has 3 aromatic carbocycles. The second-order valence-electron chi connectivity index (χ2n) is 10.2. The van der Waals surface area contributed by atoms with E-state index < -0.39 is 25.5 Å². The van der Waals surface area contributed by atoms with Crippen LogP contribution in [0.4, 0.5) is 0 Å². The highest BCUT2D eigenvalue weighted by Gasteiger charge is 2.39. The molecule has 0 aliphatic rings. The van der Waals surface area contributed by atoms with Crippen LogP contribution in [0, 0.1) is 0 Å². The molecular formula is C30H39NO7P+. The third kappa shape index (κ3) is 9.11. The lowest BCUT2D eigenvalue weighted by molar-refractivity contribution is -0.870. The Kier molecular flexibility index (Phi) is 11.0. The first-order valence-corrected chi connectivity index (χ1v) is 14.5. The average molecular weight is 557 g/mol. The SMILES string of the molecule is CCC(=O)O[C@H](COC(c1ccccc1)(c1ccccc1)c1ccccc1)COP(=O)(O)OCC[N+](C)(C)C. The first-order valence-electron chi connectivity index (χ1n) is 13.0. The third-order valence-corrected chi connectivity index (χ3v) is 7.04. The Morgan fingerprint density at radius 3 is 1.69 bits per heavy atom. The van der Waals surface area contributed by atoms with E-state index in [2.05, 4.69) is 0 Å². The number of phosphoric ester groups is 1. The van der Waals surface area contributed by atoms with E-state index in [1.807, 2.05) is 112 Å². The Hall–Kier alpha value is -2.84. The molecule has 3 rings (SSSR count). The predicted molar refractivity (Wildman–Crippen MR) is 150 cm³/mol. The van der Waals surface area contributed by atoms with E-state index in [9.17, 15) is 14.3 Å². The zero-order valence-electron chi connectivity index (χ0n) is 23.1. The van der Waals surface area contributed by atoms with Gasteiger partial charge in [-0.2, -0.15) is 0 Å². The van der Waals surface area contributed by atoms with Crippen molar-refractivity contribution in [2.45, 2.75) is 25.0 Å². The molecule has 0 bridgehead atoms. The van der Waals surface area contributed by atoms with Gasteiger partial charge in [0.05, 0.1) is 34.4 Å². The van der Waals surface area contributed by atoms with Gasteiger partial charge in [-0.05, 0) is 16.7 Å². The molecule has 39 heavy (non-hydrogen) atoms. The average Bonchev–Trinajstić information content (AvgIpc) is 2.92. The fourth-order valence-electron chi connectivity index (χ4n) is 4.02. The minimum atomic E-state index is -4.38. The number of esters is 1. The fourth-order valence-corrected chi connectivity index (χ4v) is 4.76. The van der Waals surface area contributed by atoms with Gasteiger partial charge in [0.25, 0.3) is 0 Å². The molecule has 8 nitrogen and oxygen atoms in total. The monoisotopic (exact) mass is 556 g/mol. The van der Waals surface area contributed by atoms with Gasteiger partial charge < -0.3 is 18.9 Å². The molecule has 0 spiro atoms. The van der Waals surface area contributed by atoms with Crippen LogP contribution in [0.15, 0.2) is 91.0 Å². The molecule has 0 heterocycles. The number of ether oxygens (including phenoxy) is 2. The van der Waals surface area contributed by atoms with E-state index in [4.69, 9.17) is 18.5 Å². The largest absolute Gasteiger partial charge is 0.472 e. The van der Waals surface area contributed by atoms with Crippen LogP contribution in [0.2, 0.25) is 0 Å². The van der Waals surface area contributed by atoms with Crippen LogP contribution in [-0.4, -0.2) is 69.0 Å². The van der Waals surface area contributed by atoms with Gasteiger partial charge in [-0.15, -0.1) is 0 Å². The summed E-state index contributed by atoms with van der Waals surface area (Å²) >= 11 is 0. The molecule has 2 atom stereocenters. The molecule has 0 saturated carbocycles. The van der Waals surface area contributed by atoms with Crippen molar-refractivity contribution < 1.29 is 37.3 Å². The molecule has 0 saturated heterocycles. The quantitative estimate of drug-likeness (QED) is 0.120. The van der Waals surface area contributed by atoms with Crippen LogP contribution in [0.5, 0.6) is 0 Å². The number of likely N-dealkylation sites (N-methyl/N-ethyl adjacent to an activating group) is 1. The summed E-state index contributed by atoms with van der Waals surface area (Å²) in [5, 5.41) is 0. The van der Waals surface area contributed by atoms with E-state index in [0.717, 1.165) is 16.7 Å². The van der Waals surface area contributed by atoms with Crippen molar-refractivity contribution in [2.24, 2.45) is 0 Å². The summed E-state index contributed by atoms with van der Waals surface area (Å²) in [6.45, 7) is 1.74. The van der Waals surface area contributed by atoms with Gasteiger partial charge in [0.1, 0.15) is 24.9 Å². The van der Waals surface area contributed by atoms with Crippen LogP contribution in [0.1, 0.15) is 30.0 Å². The van der Waals surface area contributed by atoms with Gasteiger partial charge in [-0.3, -0.25) is 13.8 Å². The Morgan fingerprint density at radius 2 is 1.28 bits per heavy atom. The lowest BCUT2D eigenvalue weighted by atomic mass is 9.80. The van der Waals surface area contributed by atoms with Crippen molar-refractivity contribution >= 4 is 13.8 Å². The molecule has 210 valence electrons. The van der Waals surface area contributed by atoms with E-state index in [-0.39, 0.29) is 26.2 Å². The summed E-state index contributed by atoms with van der Waals surface area (Å²) in [4.78, 5) is 22.5. The molecule has 9 heteroatoms. The molecule has 3 aromatic rings. The summed E-state index contributed by atoms with van der Waals surface area (Å²) < 4.78 is 35.8. The highest BCUT2D eigenvalue weighted by atomic mass is 31.2. The summed E-state index contributed by atoms with van der Waals surface area (Å²) in [6.07, 6.45) is -0.829. The van der Waals surface area contributed by atoms with Crippen molar-refractivity contribution in [1.82, 2.24) is 0 Å². The fraction of sp³-hybridized carbons (Fsp3) is 0.367. The minimum Gasteiger partial charge on any atom is -0.457 e. The van der Waals surface area contributed by atoms with Gasteiger partial charge in [-0.1, -0.05) is 97.9 Å². The summed E-state index contributed by atoms with van der Waals surface area (Å²) in [5.41, 5.74) is 1.58. The third-order valence-electron chi connectivity index (χ3n) is 6.05. The molecule has 1 unspecified atom stereocenters. The van der Waals surface area contributed by atoms with E-state index in [1.165, 1.54) is 0 Å². The second-order valence-corrected chi connectivity index (χ2v) is 11.6. The number of carbonyl (C=O) groups is 1. The zero-order chi connectivity index (χ0) is 28.4. The number of hydrogen-bond acceptors (Lipinski definition) is 6. The summed E-state index contributed by atoms with van der Waals surface area (Å²) in [5.74, 6) is -0.476. The topological polar surface area (TPSA) is 91.3 Å². The van der Waals surface area contributed by atoms with Crippen LogP contribution < -0.4 is 0 Å². The zero-order valence-corrected chi connectivity index (χ0v) is 24.0. The summed E-state index contributed by atoms with van der Waals surface area (Å²) in [6, 6.07) is 29.3. The first-order chi connectivity index (χ1) is 18.6. The van der Waals surface area contributed by atoms with Gasteiger partial charge in [0.15, 0.2) is 0 Å². The highest BCUT2D eigenvalue weighted by molar-refractivity contribution is 7.47. The van der Waals surface area contributed by atoms with E-state index in [0.29, 0.717) is 11.0 Å². The molecular weight excluding hydrogens is 517 g/mol. The minimum absolute atomic E-state index is 0.0341.